The molecule has 4 heteroatoms. The van der Waals surface area contributed by atoms with E-state index in [2.05, 4.69) is 4.98 Å². The van der Waals surface area contributed by atoms with Gasteiger partial charge in [-0.3, -0.25) is 4.79 Å². The van der Waals surface area contributed by atoms with Crippen LogP contribution in [0.25, 0.3) is 0 Å². The van der Waals surface area contributed by atoms with E-state index in [1.165, 1.54) is 0 Å². The molecule has 0 atom stereocenters. The Morgan fingerprint density at radius 3 is 2.50 bits per heavy atom. The number of hydrogen-bond donors (Lipinski definition) is 0. The van der Waals surface area contributed by atoms with Gasteiger partial charge in [0.2, 0.25) is 0 Å². The molecule has 0 saturated carbocycles. The van der Waals surface area contributed by atoms with E-state index in [1.807, 2.05) is 38.1 Å². The lowest BCUT2D eigenvalue weighted by atomic mass is 10.3. The number of aromatic nitrogens is 1. The highest BCUT2D eigenvalue weighted by Gasteiger charge is 2.12. The van der Waals surface area contributed by atoms with Crippen molar-refractivity contribution in [1.82, 2.24) is 14.8 Å². The standard InChI is InChI=1S/C12H19N3O/c1-10-6-5-7-11(13-10)12(16)15(4)9-8-14(2)3/h5-7H,8-9H2,1-4H3. The number of likely N-dealkylation sites (N-methyl/N-ethyl adjacent to an activating group) is 2. The molecule has 0 unspecified atom stereocenters. The van der Waals surface area contributed by atoms with Gasteiger partial charge < -0.3 is 9.80 Å². The highest BCUT2D eigenvalue weighted by molar-refractivity contribution is 5.92. The van der Waals surface area contributed by atoms with Crippen molar-refractivity contribution in [2.24, 2.45) is 0 Å². The van der Waals surface area contributed by atoms with Gasteiger partial charge in [0.25, 0.3) is 5.91 Å². The molecule has 0 bridgehead atoms. The van der Waals surface area contributed by atoms with E-state index in [0.717, 1.165) is 12.2 Å². The van der Waals surface area contributed by atoms with Crippen LogP contribution in [0.2, 0.25) is 0 Å². The Labute approximate surface area is 96.9 Å². The van der Waals surface area contributed by atoms with Crippen LogP contribution < -0.4 is 0 Å². The molecular weight excluding hydrogens is 202 g/mol. The first-order chi connectivity index (χ1) is 7.50. The van der Waals surface area contributed by atoms with Crippen molar-refractivity contribution in [2.45, 2.75) is 6.92 Å². The average Bonchev–Trinajstić information content (AvgIpc) is 2.24. The van der Waals surface area contributed by atoms with Gasteiger partial charge in [0.05, 0.1) is 0 Å². The Morgan fingerprint density at radius 1 is 1.25 bits per heavy atom. The minimum atomic E-state index is -0.0226. The SMILES string of the molecule is Cc1cccc(C(=O)N(C)CCN(C)C)n1. The lowest BCUT2D eigenvalue weighted by molar-refractivity contribution is 0.0780. The first kappa shape index (κ1) is 12.6. The normalized spacial score (nSPS) is 10.6. The van der Waals surface area contributed by atoms with Gasteiger partial charge in [-0.25, -0.2) is 4.98 Å². The summed E-state index contributed by atoms with van der Waals surface area (Å²) in [4.78, 5) is 19.9. The third-order valence-electron chi connectivity index (χ3n) is 2.34. The minimum absolute atomic E-state index is 0.0226. The van der Waals surface area contributed by atoms with Crippen LogP contribution in [0, 0.1) is 6.92 Å². The summed E-state index contributed by atoms with van der Waals surface area (Å²) in [6.07, 6.45) is 0. The van der Waals surface area contributed by atoms with Crippen LogP contribution in [0.3, 0.4) is 0 Å². The number of pyridine rings is 1. The lowest BCUT2D eigenvalue weighted by Gasteiger charge is -2.19. The summed E-state index contributed by atoms with van der Waals surface area (Å²) in [5.41, 5.74) is 1.38. The summed E-state index contributed by atoms with van der Waals surface area (Å²) in [7, 11) is 5.78. The number of amides is 1. The Morgan fingerprint density at radius 2 is 1.94 bits per heavy atom. The van der Waals surface area contributed by atoms with E-state index >= 15 is 0 Å². The molecule has 88 valence electrons. The molecule has 0 spiro atoms. The Bertz CT molecular complexity index is 363. The monoisotopic (exact) mass is 221 g/mol. The maximum absolute atomic E-state index is 12.0. The van der Waals surface area contributed by atoms with E-state index in [1.54, 1.807) is 18.0 Å². The van der Waals surface area contributed by atoms with Crippen molar-refractivity contribution >= 4 is 5.91 Å². The maximum atomic E-state index is 12.0. The molecule has 16 heavy (non-hydrogen) atoms. The third kappa shape index (κ3) is 3.62. The van der Waals surface area contributed by atoms with Gasteiger partial charge in [0, 0.05) is 25.8 Å². The molecule has 1 aromatic rings. The Hall–Kier alpha value is -1.42. The molecule has 1 rings (SSSR count). The number of hydrogen-bond acceptors (Lipinski definition) is 3. The smallest absolute Gasteiger partial charge is 0.272 e. The lowest BCUT2D eigenvalue weighted by Crippen LogP contribution is -2.33. The predicted octanol–water partition coefficient (Wildman–Crippen LogP) is 1.02. The van der Waals surface area contributed by atoms with Crippen molar-refractivity contribution in [3.8, 4) is 0 Å². The fourth-order valence-electron chi connectivity index (χ4n) is 1.31. The molecule has 0 aliphatic rings. The maximum Gasteiger partial charge on any atom is 0.272 e. The van der Waals surface area contributed by atoms with Gasteiger partial charge in [-0.05, 0) is 33.2 Å². The molecule has 0 N–H and O–H groups in total. The first-order valence-corrected chi connectivity index (χ1v) is 5.34. The number of nitrogens with zero attached hydrogens (tertiary/aromatic N) is 3. The van der Waals surface area contributed by atoms with E-state index < -0.39 is 0 Å². The van der Waals surface area contributed by atoms with Crippen molar-refractivity contribution in [3.05, 3.63) is 29.6 Å². The van der Waals surface area contributed by atoms with Crippen LogP contribution in [0.1, 0.15) is 16.2 Å². The zero-order valence-corrected chi connectivity index (χ0v) is 10.4. The quantitative estimate of drug-likeness (QED) is 0.761. The van der Waals surface area contributed by atoms with Gasteiger partial charge >= 0.3 is 0 Å². The van der Waals surface area contributed by atoms with Crippen LogP contribution in [-0.2, 0) is 0 Å². The highest BCUT2D eigenvalue weighted by atomic mass is 16.2. The second-order valence-electron chi connectivity index (χ2n) is 4.19. The molecule has 1 amide bonds. The first-order valence-electron chi connectivity index (χ1n) is 5.34. The summed E-state index contributed by atoms with van der Waals surface area (Å²) in [6, 6.07) is 5.49. The summed E-state index contributed by atoms with van der Waals surface area (Å²) in [6.45, 7) is 3.45. The molecule has 0 aliphatic carbocycles. The average molecular weight is 221 g/mol. The van der Waals surface area contributed by atoms with E-state index in [9.17, 15) is 4.79 Å². The zero-order valence-electron chi connectivity index (χ0n) is 10.4. The number of aryl methyl sites for hydroxylation is 1. The van der Waals surface area contributed by atoms with Gasteiger partial charge in [0.15, 0.2) is 0 Å². The molecular formula is C12H19N3O. The molecule has 0 saturated heterocycles. The van der Waals surface area contributed by atoms with Crippen LogP contribution >= 0.6 is 0 Å². The van der Waals surface area contributed by atoms with Gasteiger partial charge in [-0.1, -0.05) is 6.07 Å². The van der Waals surface area contributed by atoms with Crippen LogP contribution in [0.15, 0.2) is 18.2 Å². The number of carbonyl (C=O) groups excluding carboxylic acids is 1. The molecule has 0 aromatic carbocycles. The molecule has 4 nitrogen and oxygen atoms in total. The van der Waals surface area contributed by atoms with Gasteiger partial charge in [-0.15, -0.1) is 0 Å². The van der Waals surface area contributed by atoms with Crippen molar-refractivity contribution < 1.29 is 4.79 Å². The van der Waals surface area contributed by atoms with E-state index in [4.69, 9.17) is 0 Å². The minimum Gasteiger partial charge on any atom is -0.339 e. The Balaban J connectivity index is 2.63. The van der Waals surface area contributed by atoms with E-state index in [0.29, 0.717) is 12.2 Å². The van der Waals surface area contributed by atoms with Crippen LogP contribution in [-0.4, -0.2) is 54.9 Å². The highest BCUT2D eigenvalue weighted by Crippen LogP contribution is 2.01. The summed E-state index contributed by atoms with van der Waals surface area (Å²) in [5.74, 6) is -0.0226. The topological polar surface area (TPSA) is 36.4 Å². The van der Waals surface area contributed by atoms with Crippen molar-refractivity contribution in [1.29, 1.82) is 0 Å². The number of carbonyl (C=O) groups is 1. The molecule has 0 radical (unpaired) electrons. The van der Waals surface area contributed by atoms with Crippen molar-refractivity contribution in [3.63, 3.8) is 0 Å². The molecule has 1 aromatic heterocycles. The third-order valence-corrected chi connectivity index (χ3v) is 2.34. The van der Waals surface area contributed by atoms with Gasteiger partial charge in [0.1, 0.15) is 5.69 Å². The fraction of sp³-hybridized carbons (Fsp3) is 0.500. The molecule has 0 aliphatic heterocycles. The zero-order chi connectivity index (χ0) is 12.1. The molecule has 0 fully saturated rings. The van der Waals surface area contributed by atoms with Crippen LogP contribution in [0.5, 0.6) is 0 Å². The largest absolute Gasteiger partial charge is 0.339 e. The van der Waals surface area contributed by atoms with E-state index in [-0.39, 0.29) is 5.91 Å². The number of rotatable bonds is 4. The van der Waals surface area contributed by atoms with Crippen molar-refractivity contribution in [2.75, 3.05) is 34.2 Å². The fourth-order valence-corrected chi connectivity index (χ4v) is 1.31. The predicted molar refractivity (Wildman–Crippen MR) is 64.5 cm³/mol. The summed E-state index contributed by atoms with van der Waals surface area (Å²) >= 11 is 0. The van der Waals surface area contributed by atoms with Crippen LogP contribution in [0.4, 0.5) is 0 Å². The second kappa shape index (κ2) is 5.61. The summed E-state index contributed by atoms with van der Waals surface area (Å²) in [5, 5.41) is 0. The second-order valence-corrected chi connectivity index (χ2v) is 4.19. The van der Waals surface area contributed by atoms with Gasteiger partial charge in [-0.2, -0.15) is 0 Å². The molecule has 1 heterocycles. The summed E-state index contributed by atoms with van der Waals surface area (Å²) < 4.78 is 0. The Kier molecular flexibility index (Phi) is 4.43.